The number of methoxy groups -OCH3 is 1. The Hall–Kier alpha value is -1.62. The number of halogens is 1. The summed E-state index contributed by atoms with van der Waals surface area (Å²) in [6.07, 6.45) is 0. The molecule has 0 aliphatic heterocycles. The molecular weight excluding hydrogens is 247 g/mol. The third-order valence-corrected chi connectivity index (χ3v) is 2.72. The summed E-state index contributed by atoms with van der Waals surface area (Å²) in [5, 5.41) is 5.83. The Balaban J connectivity index is 2.60. The molecule has 0 aliphatic rings. The highest BCUT2D eigenvalue weighted by atomic mass is 19.1. The molecule has 0 fully saturated rings. The summed E-state index contributed by atoms with van der Waals surface area (Å²) in [6, 6.07) is 4.67. The minimum absolute atomic E-state index is 0.113. The standard InChI is InChI=1S/C14H21FN2O2/c1-9(2)16-8-14(18)17-10(3)11-5-6-13(19-4)12(15)7-11/h5-7,9-10,16H,8H2,1-4H3,(H,17,18). The van der Waals surface area contributed by atoms with Crippen molar-refractivity contribution in [2.75, 3.05) is 13.7 Å². The Kier molecular flexibility index (Phi) is 5.76. The topological polar surface area (TPSA) is 50.4 Å². The molecule has 0 spiro atoms. The predicted octanol–water partition coefficient (Wildman–Crippen LogP) is 2.01. The molecule has 19 heavy (non-hydrogen) atoms. The van der Waals surface area contributed by atoms with Gasteiger partial charge >= 0.3 is 0 Å². The lowest BCUT2D eigenvalue weighted by atomic mass is 10.1. The molecule has 106 valence electrons. The monoisotopic (exact) mass is 268 g/mol. The van der Waals surface area contributed by atoms with E-state index in [4.69, 9.17) is 4.74 Å². The molecule has 0 aliphatic carbocycles. The number of ether oxygens (including phenoxy) is 1. The van der Waals surface area contributed by atoms with Crippen LogP contribution in [0.5, 0.6) is 5.75 Å². The summed E-state index contributed by atoms with van der Waals surface area (Å²) in [4.78, 5) is 11.6. The third kappa shape index (κ3) is 4.87. The van der Waals surface area contributed by atoms with Crippen molar-refractivity contribution in [3.8, 4) is 5.75 Å². The largest absolute Gasteiger partial charge is 0.494 e. The van der Waals surface area contributed by atoms with E-state index in [2.05, 4.69) is 10.6 Å². The zero-order valence-corrected chi connectivity index (χ0v) is 11.8. The fourth-order valence-corrected chi connectivity index (χ4v) is 1.62. The maximum Gasteiger partial charge on any atom is 0.234 e. The van der Waals surface area contributed by atoms with Gasteiger partial charge in [-0.15, -0.1) is 0 Å². The third-order valence-electron chi connectivity index (χ3n) is 2.72. The molecule has 1 aromatic rings. The minimum atomic E-state index is -0.429. The smallest absolute Gasteiger partial charge is 0.234 e. The summed E-state index contributed by atoms with van der Waals surface area (Å²) in [6.45, 7) is 6.00. The summed E-state index contributed by atoms with van der Waals surface area (Å²) in [5.74, 6) is -0.345. The summed E-state index contributed by atoms with van der Waals surface area (Å²) in [5.41, 5.74) is 0.705. The van der Waals surface area contributed by atoms with Gasteiger partial charge in [-0.1, -0.05) is 19.9 Å². The quantitative estimate of drug-likeness (QED) is 0.829. The van der Waals surface area contributed by atoms with Crippen LogP contribution in [0, 0.1) is 5.82 Å². The van der Waals surface area contributed by atoms with Gasteiger partial charge < -0.3 is 15.4 Å². The van der Waals surface area contributed by atoms with Crippen LogP contribution in [0.2, 0.25) is 0 Å². The van der Waals surface area contributed by atoms with Crippen LogP contribution in [0.1, 0.15) is 32.4 Å². The molecule has 1 amide bonds. The van der Waals surface area contributed by atoms with E-state index in [1.807, 2.05) is 20.8 Å². The molecule has 1 rings (SSSR count). The van der Waals surface area contributed by atoms with Crippen molar-refractivity contribution < 1.29 is 13.9 Å². The van der Waals surface area contributed by atoms with E-state index in [1.165, 1.54) is 13.2 Å². The second-order valence-electron chi connectivity index (χ2n) is 4.72. The van der Waals surface area contributed by atoms with Gasteiger partial charge in [-0.05, 0) is 24.6 Å². The van der Waals surface area contributed by atoms with Gasteiger partial charge in [0.1, 0.15) is 0 Å². The summed E-state index contributed by atoms with van der Waals surface area (Å²) >= 11 is 0. The first kappa shape index (κ1) is 15.4. The van der Waals surface area contributed by atoms with E-state index in [-0.39, 0.29) is 30.3 Å². The number of carbonyl (C=O) groups is 1. The summed E-state index contributed by atoms with van der Waals surface area (Å²) in [7, 11) is 1.42. The van der Waals surface area contributed by atoms with Gasteiger partial charge in [0.2, 0.25) is 5.91 Å². The van der Waals surface area contributed by atoms with Gasteiger partial charge in [-0.2, -0.15) is 0 Å². The zero-order chi connectivity index (χ0) is 14.4. The van der Waals surface area contributed by atoms with Crippen LogP contribution < -0.4 is 15.4 Å². The van der Waals surface area contributed by atoms with Gasteiger partial charge in [-0.3, -0.25) is 4.79 Å². The Labute approximate surface area is 113 Å². The van der Waals surface area contributed by atoms with E-state index >= 15 is 0 Å². The number of rotatable bonds is 6. The van der Waals surface area contributed by atoms with Crippen molar-refractivity contribution >= 4 is 5.91 Å². The molecule has 2 N–H and O–H groups in total. The van der Waals surface area contributed by atoms with Gasteiger partial charge in [0, 0.05) is 6.04 Å². The van der Waals surface area contributed by atoms with Crippen LogP contribution in [-0.2, 0) is 4.79 Å². The Morgan fingerprint density at radius 3 is 2.58 bits per heavy atom. The highest BCUT2D eigenvalue weighted by Gasteiger charge is 2.12. The first-order valence-electron chi connectivity index (χ1n) is 6.30. The van der Waals surface area contributed by atoms with Crippen LogP contribution in [0.3, 0.4) is 0 Å². The fraction of sp³-hybridized carbons (Fsp3) is 0.500. The SMILES string of the molecule is COc1ccc(C(C)NC(=O)CNC(C)C)cc1F. The molecule has 4 nitrogen and oxygen atoms in total. The van der Waals surface area contributed by atoms with Crippen molar-refractivity contribution in [1.82, 2.24) is 10.6 Å². The van der Waals surface area contributed by atoms with Crippen LogP contribution in [0.15, 0.2) is 18.2 Å². The molecule has 1 unspecified atom stereocenters. The Morgan fingerprint density at radius 2 is 2.05 bits per heavy atom. The maximum absolute atomic E-state index is 13.6. The van der Waals surface area contributed by atoms with E-state index in [1.54, 1.807) is 12.1 Å². The van der Waals surface area contributed by atoms with Crippen LogP contribution in [0.4, 0.5) is 4.39 Å². The molecule has 0 saturated heterocycles. The molecule has 1 aromatic carbocycles. The highest BCUT2D eigenvalue weighted by Crippen LogP contribution is 2.21. The molecule has 1 atom stereocenters. The number of amides is 1. The number of carbonyl (C=O) groups excluding carboxylic acids is 1. The lowest BCUT2D eigenvalue weighted by Gasteiger charge is -2.16. The molecule has 5 heteroatoms. The van der Waals surface area contributed by atoms with Gasteiger partial charge in [0.25, 0.3) is 0 Å². The van der Waals surface area contributed by atoms with E-state index in [0.29, 0.717) is 5.56 Å². The van der Waals surface area contributed by atoms with Gasteiger partial charge in [-0.25, -0.2) is 4.39 Å². The van der Waals surface area contributed by atoms with Crippen molar-refractivity contribution in [3.63, 3.8) is 0 Å². The van der Waals surface area contributed by atoms with Crippen molar-refractivity contribution in [3.05, 3.63) is 29.6 Å². The van der Waals surface area contributed by atoms with E-state index < -0.39 is 5.82 Å². The van der Waals surface area contributed by atoms with E-state index in [0.717, 1.165) is 0 Å². The number of hydrogen-bond donors (Lipinski definition) is 2. The lowest BCUT2D eigenvalue weighted by Crippen LogP contribution is -2.38. The molecule has 0 heterocycles. The average molecular weight is 268 g/mol. The van der Waals surface area contributed by atoms with Crippen LogP contribution in [0.25, 0.3) is 0 Å². The van der Waals surface area contributed by atoms with Crippen LogP contribution >= 0.6 is 0 Å². The number of nitrogens with one attached hydrogen (secondary N) is 2. The maximum atomic E-state index is 13.6. The zero-order valence-electron chi connectivity index (χ0n) is 11.8. The second kappa shape index (κ2) is 7.09. The molecule has 0 aromatic heterocycles. The molecule has 0 bridgehead atoms. The van der Waals surface area contributed by atoms with Crippen LogP contribution in [-0.4, -0.2) is 25.6 Å². The second-order valence-corrected chi connectivity index (χ2v) is 4.72. The minimum Gasteiger partial charge on any atom is -0.494 e. The lowest BCUT2D eigenvalue weighted by molar-refractivity contribution is -0.121. The van der Waals surface area contributed by atoms with E-state index in [9.17, 15) is 9.18 Å². The number of benzene rings is 1. The normalized spacial score (nSPS) is 12.3. The Bertz CT molecular complexity index is 435. The highest BCUT2D eigenvalue weighted by molar-refractivity contribution is 5.78. The predicted molar refractivity (Wildman–Crippen MR) is 72.6 cm³/mol. The first-order chi connectivity index (χ1) is 8.93. The van der Waals surface area contributed by atoms with Crippen molar-refractivity contribution in [2.45, 2.75) is 32.9 Å². The van der Waals surface area contributed by atoms with Crippen molar-refractivity contribution in [2.24, 2.45) is 0 Å². The molecular formula is C14H21FN2O2. The van der Waals surface area contributed by atoms with Gasteiger partial charge in [0.05, 0.1) is 19.7 Å². The van der Waals surface area contributed by atoms with Crippen molar-refractivity contribution in [1.29, 1.82) is 0 Å². The average Bonchev–Trinajstić information content (AvgIpc) is 2.36. The Morgan fingerprint density at radius 1 is 1.37 bits per heavy atom. The number of hydrogen-bond acceptors (Lipinski definition) is 3. The summed E-state index contributed by atoms with van der Waals surface area (Å²) < 4.78 is 18.4. The molecule has 0 saturated carbocycles. The first-order valence-corrected chi connectivity index (χ1v) is 6.30. The van der Waals surface area contributed by atoms with Gasteiger partial charge in [0.15, 0.2) is 11.6 Å². The fourth-order valence-electron chi connectivity index (χ4n) is 1.62. The molecule has 0 radical (unpaired) electrons.